The smallest absolute Gasteiger partial charge is 0.490 e. The number of hydrogen-bond acceptors (Lipinski definition) is 6. The van der Waals surface area contributed by atoms with Crippen LogP contribution in [0.1, 0.15) is 37.1 Å². The third kappa shape index (κ3) is 7.38. The molecule has 1 saturated carbocycles. The Balaban J connectivity index is 0.000000566. The van der Waals surface area contributed by atoms with Gasteiger partial charge >= 0.3 is 18.2 Å². The van der Waals surface area contributed by atoms with Crippen LogP contribution in [0.4, 0.5) is 32.4 Å². The van der Waals surface area contributed by atoms with E-state index in [2.05, 4.69) is 37.6 Å². The van der Waals surface area contributed by atoms with E-state index in [-0.39, 0.29) is 23.2 Å². The number of imidazole rings is 1. The number of rotatable bonds is 7. The summed E-state index contributed by atoms with van der Waals surface area (Å²) in [6.07, 6.45) is 1.85. The summed E-state index contributed by atoms with van der Waals surface area (Å²) in [5.74, 6) is -2.43. The van der Waals surface area contributed by atoms with Crippen molar-refractivity contribution in [2.24, 2.45) is 0 Å². The van der Waals surface area contributed by atoms with E-state index in [1.54, 1.807) is 20.4 Å². The minimum Gasteiger partial charge on any atom is -0.493 e. The summed E-state index contributed by atoms with van der Waals surface area (Å²) in [6, 6.07) is 9.08. The molecule has 0 bridgehead atoms. The number of anilines is 1. The molecule has 1 saturated heterocycles. The lowest BCUT2D eigenvalue weighted by Crippen LogP contribution is -2.52. The summed E-state index contributed by atoms with van der Waals surface area (Å²) in [5.41, 5.74) is 1.29. The van der Waals surface area contributed by atoms with Gasteiger partial charge in [-0.3, -0.25) is 4.90 Å². The minimum atomic E-state index is -5.08. The molecular weight excluding hydrogens is 593 g/mol. The van der Waals surface area contributed by atoms with Gasteiger partial charge < -0.3 is 30.2 Å². The highest BCUT2D eigenvalue weighted by atomic mass is 19.4. The second kappa shape index (κ2) is 13.5. The Bertz CT molecular complexity index is 1450. The summed E-state index contributed by atoms with van der Waals surface area (Å²) >= 11 is 0. The number of likely N-dealkylation sites (tertiary alicyclic amines) is 1. The Kier molecular flexibility index (Phi) is 9.97. The molecule has 10 nitrogen and oxygen atoms in total. The van der Waals surface area contributed by atoms with Crippen LogP contribution in [-0.2, 0) is 16.8 Å². The lowest BCUT2D eigenvalue weighted by Gasteiger charge is -2.45. The first-order chi connectivity index (χ1) is 20.9. The number of alkyl halides is 3. The van der Waals surface area contributed by atoms with Gasteiger partial charge in [-0.05, 0) is 62.1 Å². The van der Waals surface area contributed by atoms with E-state index in [0.29, 0.717) is 18.0 Å². The maximum absolute atomic E-state index is 13.6. The number of benzene rings is 2. The largest absolute Gasteiger partial charge is 0.493 e. The predicted molar refractivity (Wildman–Crippen MR) is 148 cm³/mol. The topological polar surface area (TPSA) is 129 Å². The van der Waals surface area contributed by atoms with Crippen molar-refractivity contribution in [3.05, 3.63) is 71.8 Å². The third-order valence-electron chi connectivity index (χ3n) is 7.99. The van der Waals surface area contributed by atoms with Crippen molar-refractivity contribution in [1.82, 2.24) is 20.2 Å². The zero-order valence-corrected chi connectivity index (χ0v) is 23.9. The highest BCUT2D eigenvalue weighted by Gasteiger charge is 2.52. The average Bonchev–Trinajstić information content (AvgIpc) is 3.63. The van der Waals surface area contributed by atoms with Gasteiger partial charge in [-0.25, -0.2) is 23.4 Å². The number of carbonyl (C=O) groups is 2. The number of urea groups is 1. The summed E-state index contributed by atoms with van der Waals surface area (Å²) < 4.78 is 69.6. The fourth-order valence-electron chi connectivity index (χ4n) is 5.95. The summed E-state index contributed by atoms with van der Waals surface area (Å²) in [4.78, 5) is 31.7. The van der Waals surface area contributed by atoms with Gasteiger partial charge in [-0.1, -0.05) is 6.07 Å². The monoisotopic (exact) mass is 625 g/mol. The second-order valence-electron chi connectivity index (χ2n) is 10.5. The Labute approximate surface area is 249 Å². The standard InChI is InChI=1S/C27H31F2N5O3.C2HF3O2/c1-36-22-6-3-17(13-23(22)37-2)27-8-7-19(33-26(35)32-18-4-5-20(28)21(29)14-18)15-24(27)34(12-9-27)16-25-30-10-11-31-25;3-2(4,5)1(6)7/h3-6,10-11,13-14,19,24H,7-9,12,15-16H2,1-2H3,(H,30,31)(H2,32,33,35);(H,6,7). The molecule has 3 aromatic rings. The van der Waals surface area contributed by atoms with E-state index in [1.165, 1.54) is 11.6 Å². The molecule has 1 aliphatic heterocycles. The molecule has 238 valence electrons. The quantitative estimate of drug-likeness (QED) is 0.265. The molecule has 2 fully saturated rings. The molecule has 3 atom stereocenters. The molecular formula is C29H32F5N5O5. The summed E-state index contributed by atoms with van der Waals surface area (Å²) in [5, 5.41) is 12.8. The zero-order valence-electron chi connectivity index (χ0n) is 23.9. The fourth-order valence-corrected chi connectivity index (χ4v) is 5.95. The van der Waals surface area contributed by atoms with Crippen LogP contribution in [0.5, 0.6) is 11.5 Å². The van der Waals surface area contributed by atoms with E-state index in [9.17, 15) is 26.7 Å². The van der Waals surface area contributed by atoms with Gasteiger partial charge in [0.15, 0.2) is 23.1 Å². The molecule has 4 N–H and O–H groups in total. The molecule has 0 spiro atoms. The Morgan fingerprint density at radius 1 is 1.09 bits per heavy atom. The average molecular weight is 626 g/mol. The molecule has 3 unspecified atom stereocenters. The highest BCUT2D eigenvalue weighted by Crippen LogP contribution is 2.50. The van der Waals surface area contributed by atoms with Crippen LogP contribution >= 0.6 is 0 Å². The minimum absolute atomic E-state index is 0.0826. The number of carbonyl (C=O) groups excluding carboxylic acids is 1. The molecule has 15 heteroatoms. The van der Waals surface area contributed by atoms with Gasteiger partial charge in [-0.15, -0.1) is 0 Å². The number of aromatic nitrogens is 2. The van der Waals surface area contributed by atoms with Gasteiger partial charge in [0.1, 0.15) is 5.82 Å². The Morgan fingerprint density at radius 2 is 1.82 bits per heavy atom. The van der Waals surface area contributed by atoms with Crippen molar-refractivity contribution in [3.63, 3.8) is 0 Å². The lowest BCUT2D eigenvalue weighted by molar-refractivity contribution is -0.192. The van der Waals surface area contributed by atoms with Gasteiger partial charge in [0.25, 0.3) is 0 Å². The maximum Gasteiger partial charge on any atom is 0.490 e. The number of aliphatic carboxylic acids is 1. The number of carboxylic acids is 1. The number of fused-ring (bicyclic) bond motifs is 1. The molecule has 2 heterocycles. The first kappa shape index (κ1) is 32.5. The van der Waals surface area contributed by atoms with Gasteiger partial charge in [0.05, 0.1) is 20.8 Å². The Morgan fingerprint density at radius 3 is 2.43 bits per heavy atom. The number of nitrogens with zero attached hydrogens (tertiary/aromatic N) is 2. The van der Waals surface area contributed by atoms with E-state index in [4.69, 9.17) is 19.4 Å². The number of methoxy groups -OCH3 is 2. The first-order valence-electron chi connectivity index (χ1n) is 13.6. The van der Waals surface area contributed by atoms with Crippen molar-refractivity contribution < 1.29 is 46.1 Å². The number of H-pyrrole nitrogens is 1. The van der Waals surface area contributed by atoms with Crippen LogP contribution in [0.15, 0.2) is 48.8 Å². The maximum atomic E-state index is 13.6. The van der Waals surface area contributed by atoms with E-state index >= 15 is 0 Å². The Hall–Kier alpha value is -4.40. The number of nitrogens with one attached hydrogen (secondary N) is 3. The number of hydrogen-bond donors (Lipinski definition) is 4. The number of aromatic amines is 1. The fraction of sp³-hybridized carbons (Fsp3) is 0.414. The van der Waals surface area contributed by atoms with Gasteiger partial charge in [-0.2, -0.15) is 13.2 Å². The summed E-state index contributed by atoms with van der Waals surface area (Å²) in [7, 11) is 3.27. The van der Waals surface area contributed by atoms with Crippen molar-refractivity contribution in [2.45, 2.75) is 55.9 Å². The van der Waals surface area contributed by atoms with E-state index < -0.39 is 29.8 Å². The molecule has 2 aromatic carbocycles. The van der Waals surface area contributed by atoms with Crippen molar-refractivity contribution in [3.8, 4) is 11.5 Å². The van der Waals surface area contributed by atoms with Crippen LogP contribution in [0.25, 0.3) is 0 Å². The molecule has 1 aromatic heterocycles. The predicted octanol–water partition coefficient (Wildman–Crippen LogP) is 5.22. The van der Waals surface area contributed by atoms with Gasteiger partial charge in [0, 0.05) is 41.6 Å². The number of carboxylic acid groups (broad SMARTS) is 1. The molecule has 0 radical (unpaired) electrons. The van der Waals surface area contributed by atoms with Crippen LogP contribution in [-0.4, -0.2) is 71.0 Å². The van der Waals surface area contributed by atoms with E-state index in [1.807, 2.05) is 12.3 Å². The molecule has 5 rings (SSSR count). The second-order valence-corrected chi connectivity index (χ2v) is 10.5. The van der Waals surface area contributed by atoms with Crippen LogP contribution in [0, 0.1) is 11.6 Å². The van der Waals surface area contributed by atoms with Gasteiger partial charge in [0.2, 0.25) is 0 Å². The molecule has 44 heavy (non-hydrogen) atoms. The molecule has 2 aliphatic rings. The van der Waals surface area contributed by atoms with Crippen LogP contribution in [0.3, 0.4) is 0 Å². The highest BCUT2D eigenvalue weighted by molar-refractivity contribution is 5.89. The van der Waals surface area contributed by atoms with Crippen LogP contribution < -0.4 is 20.1 Å². The van der Waals surface area contributed by atoms with Crippen molar-refractivity contribution in [2.75, 3.05) is 26.1 Å². The van der Waals surface area contributed by atoms with E-state index in [0.717, 1.165) is 50.2 Å². The first-order valence-corrected chi connectivity index (χ1v) is 13.6. The number of halogens is 5. The van der Waals surface area contributed by atoms with Crippen LogP contribution in [0.2, 0.25) is 0 Å². The van der Waals surface area contributed by atoms with Crippen molar-refractivity contribution in [1.29, 1.82) is 0 Å². The van der Waals surface area contributed by atoms with Crippen molar-refractivity contribution >= 4 is 17.7 Å². The number of ether oxygens (including phenoxy) is 2. The molecule has 1 aliphatic carbocycles. The zero-order chi connectivity index (χ0) is 32.1. The normalized spacial score (nSPS) is 21.4. The summed E-state index contributed by atoms with van der Waals surface area (Å²) in [6.45, 7) is 1.58. The number of amides is 2. The third-order valence-corrected chi connectivity index (χ3v) is 7.99. The molecule has 2 amide bonds. The SMILES string of the molecule is COc1ccc(C23CCC(NC(=O)Nc4ccc(F)c(F)c4)CC2N(Cc2ncc[nH]2)CC3)cc1OC.O=C(O)C(F)(F)F. The lowest BCUT2D eigenvalue weighted by atomic mass is 9.65.